The summed E-state index contributed by atoms with van der Waals surface area (Å²) in [6.45, 7) is 4.14. The molecule has 0 aliphatic rings. The first-order valence-electron chi connectivity index (χ1n) is 10.7. The predicted octanol–water partition coefficient (Wildman–Crippen LogP) is 4.06. The Bertz CT molecular complexity index is 1240. The number of sulfonamides is 1. The Labute approximate surface area is 200 Å². The third-order valence-electron chi connectivity index (χ3n) is 5.19. The Morgan fingerprint density at radius 2 is 1.74 bits per heavy atom. The number of anilines is 1. The van der Waals surface area contributed by atoms with Crippen LogP contribution < -0.4 is 19.1 Å². The first-order valence-corrected chi connectivity index (χ1v) is 12.1. The molecule has 0 fully saturated rings. The molecule has 3 aromatic rings. The molecule has 0 radical (unpaired) electrons. The number of nitrogens with one attached hydrogen (secondary N) is 1. The van der Waals surface area contributed by atoms with Gasteiger partial charge in [0.1, 0.15) is 11.5 Å². The molecule has 178 valence electrons. The molecule has 0 atom stereocenters. The molecule has 0 heterocycles. The van der Waals surface area contributed by atoms with E-state index in [-0.39, 0.29) is 22.9 Å². The molecule has 0 spiro atoms. The predicted molar refractivity (Wildman–Crippen MR) is 133 cm³/mol. The quantitative estimate of drug-likeness (QED) is 0.419. The van der Waals surface area contributed by atoms with Gasteiger partial charge >= 0.3 is 0 Å². The summed E-state index contributed by atoms with van der Waals surface area (Å²) in [5, 5.41) is 2.84. The van der Waals surface area contributed by atoms with Gasteiger partial charge in [-0.3, -0.25) is 9.10 Å². The second-order valence-corrected chi connectivity index (χ2v) is 9.24. The van der Waals surface area contributed by atoms with Crippen LogP contribution in [0.5, 0.6) is 11.5 Å². The number of rotatable bonds is 11. The number of hydrogen-bond donors (Lipinski definition) is 1. The maximum atomic E-state index is 13.5. The Morgan fingerprint density at radius 3 is 2.41 bits per heavy atom. The molecule has 34 heavy (non-hydrogen) atoms. The van der Waals surface area contributed by atoms with E-state index in [0.717, 1.165) is 11.3 Å². The molecule has 0 aliphatic carbocycles. The van der Waals surface area contributed by atoms with Crippen molar-refractivity contribution in [3.05, 3.63) is 96.6 Å². The summed E-state index contributed by atoms with van der Waals surface area (Å²) in [4.78, 5) is 12.7. The normalized spacial score (nSPS) is 10.9. The fraction of sp³-hybridized carbons (Fsp3) is 0.192. The van der Waals surface area contributed by atoms with Gasteiger partial charge in [-0.15, -0.1) is 6.58 Å². The van der Waals surface area contributed by atoms with Crippen LogP contribution in [0.2, 0.25) is 0 Å². The maximum absolute atomic E-state index is 13.5. The Morgan fingerprint density at radius 1 is 1.00 bits per heavy atom. The van der Waals surface area contributed by atoms with Crippen LogP contribution in [0.1, 0.15) is 15.9 Å². The van der Waals surface area contributed by atoms with Gasteiger partial charge in [0.2, 0.25) is 0 Å². The number of amides is 1. The van der Waals surface area contributed by atoms with E-state index in [9.17, 15) is 13.2 Å². The Balaban J connectivity index is 1.77. The van der Waals surface area contributed by atoms with Crippen LogP contribution in [0.15, 0.2) is 90.3 Å². The number of carbonyl (C=O) groups excluding carboxylic acids is 1. The van der Waals surface area contributed by atoms with Crippen LogP contribution >= 0.6 is 0 Å². The highest BCUT2D eigenvalue weighted by Gasteiger charge is 2.27. The minimum Gasteiger partial charge on any atom is -0.497 e. The van der Waals surface area contributed by atoms with E-state index in [4.69, 9.17) is 9.47 Å². The molecule has 3 aromatic carbocycles. The highest BCUT2D eigenvalue weighted by Crippen LogP contribution is 2.32. The summed E-state index contributed by atoms with van der Waals surface area (Å²) >= 11 is 0. The van der Waals surface area contributed by atoms with Crippen molar-refractivity contribution in [2.24, 2.45) is 0 Å². The molecule has 7 nitrogen and oxygen atoms in total. The van der Waals surface area contributed by atoms with Crippen molar-refractivity contribution in [2.75, 3.05) is 31.6 Å². The molecule has 0 bridgehead atoms. The molecule has 0 aromatic heterocycles. The van der Waals surface area contributed by atoms with Crippen molar-refractivity contribution < 1.29 is 22.7 Å². The zero-order valence-corrected chi connectivity index (χ0v) is 20.0. The molecule has 0 saturated carbocycles. The number of carbonyl (C=O) groups is 1. The average molecular weight is 481 g/mol. The number of methoxy groups -OCH3 is 2. The Hall–Kier alpha value is -3.78. The van der Waals surface area contributed by atoms with Gasteiger partial charge in [-0.05, 0) is 54.4 Å². The van der Waals surface area contributed by atoms with Crippen molar-refractivity contribution in [1.82, 2.24) is 5.32 Å². The van der Waals surface area contributed by atoms with Gasteiger partial charge in [0, 0.05) is 12.1 Å². The van der Waals surface area contributed by atoms with E-state index in [1.807, 2.05) is 24.3 Å². The van der Waals surface area contributed by atoms with Gasteiger partial charge in [-0.2, -0.15) is 0 Å². The lowest BCUT2D eigenvalue weighted by Crippen LogP contribution is -2.32. The molecule has 1 amide bonds. The number of nitrogens with zero attached hydrogens (tertiary/aromatic N) is 1. The molecule has 0 saturated heterocycles. The lowest BCUT2D eigenvalue weighted by Gasteiger charge is -2.25. The van der Waals surface area contributed by atoms with Gasteiger partial charge in [0.15, 0.2) is 0 Å². The summed E-state index contributed by atoms with van der Waals surface area (Å²) in [5.74, 6) is 0.836. The first-order chi connectivity index (χ1) is 16.4. The van der Waals surface area contributed by atoms with Crippen molar-refractivity contribution in [2.45, 2.75) is 11.3 Å². The second-order valence-electron chi connectivity index (χ2n) is 7.38. The minimum atomic E-state index is -3.98. The lowest BCUT2D eigenvalue weighted by atomic mass is 10.1. The highest BCUT2D eigenvalue weighted by atomic mass is 32.2. The SMILES string of the molecule is C=CCN(c1ccccc1OC)S(=O)(=O)c1cccc(C(=O)NCCc2ccc(OC)cc2)c1. The molecule has 0 unspecified atom stereocenters. The van der Waals surface area contributed by atoms with Crippen molar-refractivity contribution in [1.29, 1.82) is 0 Å². The number of hydrogen-bond acceptors (Lipinski definition) is 5. The maximum Gasteiger partial charge on any atom is 0.264 e. The minimum absolute atomic E-state index is 0.00283. The molecule has 1 N–H and O–H groups in total. The zero-order valence-electron chi connectivity index (χ0n) is 19.2. The third-order valence-corrected chi connectivity index (χ3v) is 6.97. The van der Waals surface area contributed by atoms with E-state index in [0.29, 0.717) is 24.4 Å². The summed E-state index contributed by atoms with van der Waals surface area (Å²) in [7, 11) is -0.897. The van der Waals surface area contributed by atoms with Crippen molar-refractivity contribution >= 4 is 21.6 Å². The average Bonchev–Trinajstić information content (AvgIpc) is 2.87. The van der Waals surface area contributed by atoms with Gasteiger partial charge in [0.05, 0.1) is 31.3 Å². The standard InChI is InChI=1S/C26H28N2O5S/c1-4-18-28(24-10-5-6-11-25(24)33-3)34(30,31)23-9-7-8-21(19-23)26(29)27-17-16-20-12-14-22(32-2)15-13-20/h4-15,19H,1,16-18H2,2-3H3,(H,27,29). The number of benzene rings is 3. The van der Waals surface area contributed by atoms with E-state index in [1.165, 1.54) is 29.6 Å². The van der Waals surface area contributed by atoms with Crippen molar-refractivity contribution in [3.63, 3.8) is 0 Å². The third kappa shape index (κ3) is 5.77. The summed E-state index contributed by atoms with van der Waals surface area (Å²) < 4.78 is 38.7. The fourth-order valence-corrected chi connectivity index (χ4v) is 4.91. The van der Waals surface area contributed by atoms with E-state index >= 15 is 0 Å². The van der Waals surface area contributed by atoms with Crippen LogP contribution in [-0.2, 0) is 16.4 Å². The van der Waals surface area contributed by atoms with Gasteiger partial charge in [-0.25, -0.2) is 8.42 Å². The molecule has 3 rings (SSSR count). The first kappa shape index (κ1) is 24.9. The summed E-state index contributed by atoms with van der Waals surface area (Å²) in [6, 6.07) is 20.4. The summed E-state index contributed by atoms with van der Waals surface area (Å²) in [5.41, 5.74) is 1.70. The van der Waals surface area contributed by atoms with Crippen LogP contribution in [0, 0.1) is 0 Å². The lowest BCUT2D eigenvalue weighted by molar-refractivity contribution is 0.0954. The van der Waals surface area contributed by atoms with Gasteiger partial charge in [-0.1, -0.05) is 36.4 Å². The van der Waals surface area contributed by atoms with Crippen LogP contribution in [-0.4, -0.2) is 41.6 Å². The summed E-state index contributed by atoms with van der Waals surface area (Å²) in [6.07, 6.45) is 2.13. The second kappa shape index (κ2) is 11.4. The number of ether oxygens (including phenoxy) is 2. The zero-order chi connectivity index (χ0) is 24.6. The van der Waals surface area contributed by atoms with E-state index in [1.54, 1.807) is 43.5 Å². The van der Waals surface area contributed by atoms with E-state index in [2.05, 4.69) is 11.9 Å². The van der Waals surface area contributed by atoms with E-state index < -0.39 is 10.0 Å². The van der Waals surface area contributed by atoms with Crippen LogP contribution in [0.4, 0.5) is 5.69 Å². The van der Waals surface area contributed by atoms with Gasteiger partial charge < -0.3 is 14.8 Å². The molecule has 0 aliphatic heterocycles. The van der Waals surface area contributed by atoms with Crippen molar-refractivity contribution in [3.8, 4) is 11.5 Å². The molecular weight excluding hydrogens is 452 g/mol. The number of para-hydroxylation sites is 2. The Kier molecular flexibility index (Phi) is 8.32. The largest absolute Gasteiger partial charge is 0.497 e. The topological polar surface area (TPSA) is 84.9 Å². The van der Waals surface area contributed by atoms with Gasteiger partial charge in [0.25, 0.3) is 15.9 Å². The van der Waals surface area contributed by atoms with Crippen LogP contribution in [0.25, 0.3) is 0 Å². The van der Waals surface area contributed by atoms with Crippen LogP contribution in [0.3, 0.4) is 0 Å². The molecular formula is C26H28N2O5S. The fourth-order valence-electron chi connectivity index (χ4n) is 3.42. The smallest absolute Gasteiger partial charge is 0.264 e. The molecule has 8 heteroatoms. The monoisotopic (exact) mass is 480 g/mol. The highest BCUT2D eigenvalue weighted by molar-refractivity contribution is 7.92.